The van der Waals surface area contributed by atoms with Gasteiger partial charge in [-0.25, -0.2) is 0 Å². The Morgan fingerprint density at radius 1 is 1.04 bits per heavy atom. The smallest absolute Gasteiger partial charge is 0.251 e. The first kappa shape index (κ1) is 19.9. The van der Waals surface area contributed by atoms with E-state index < -0.39 is 0 Å². The Kier molecular flexibility index (Phi) is 8.12. The van der Waals surface area contributed by atoms with Gasteiger partial charge in [0.15, 0.2) is 0 Å². The van der Waals surface area contributed by atoms with Gasteiger partial charge in [0.2, 0.25) is 5.91 Å². The Morgan fingerprint density at radius 2 is 1.77 bits per heavy atom. The summed E-state index contributed by atoms with van der Waals surface area (Å²) in [5.74, 6) is -0.255. The summed E-state index contributed by atoms with van der Waals surface area (Å²) in [6.07, 6.45) is 2.00. The van der Waals surface area contributed by atoms with Gasteiger partial charge in [0, 0.05) is 29.4 Å². The molecule has 0 aliphatic carbocycles. The molecule has 0 aromatic heterocycles. The molecule has 2 rings (SSSR count). The summed E-state index contributed by atoms with van der Waals surface area (Å²) < 4.78 is 0. The van der Waals surface area contributed by atoms with Crippen molar-refractivity contribution < 1.29 is 9.59 Å². The zero-order chi connectivity index (χ0) is 18.8. The molecule has 0 aliphatic rings. The van der Waals surface area contributed by atoms with E-state index in [0.29, 0.717) is 29.4 Å². The van der Waals surface area contributed by atoms with Crippen LogP contribution in [-0.4, -0.2) is 24.9 Å². The lowest BCUT2D eigenvalue weighted by Gasteiger charge is -2.09. The first-order chi connectivity index (χ1) is 12.6. The van der Waals surface area contributed by atoms with Crippen LogP contribution in [0.3, 0.4) is 0 Å². The number of carbonyl (C=O) groups is 2. The Hall–Kier alpha value is -2.37. The Bertz CT molecular complexity index is 732. The SMILES string of the molecule is CCCCNC(=O)c1ccc(NC(=O)CNCc2ccccc2Cl)cc1. The number of hydrogen-bond acceptors (Lipinski definition) is 3. The number of amides is 2. The maximum Gasteiger partial charge on any atom is 0.251 e. The molecule has 6 heteroatoms. The third kappa shape index (κ3) is 6.50. The molecule has 0 atom stereocenters. The molecular weight excluding hydrogens is 350 g/mol. The molecule has 0 fully saturated rings. The highest BCUT2D eigenvalue weighted by Gasteiger charge is 2.06. The second kappa shape index (κ2) is 10.6. The summed E-state index contributed by atoms with van der Waals surface area (Å²) in [5.41, 5.74) is 2.18. The van der Waals surface area contributed by atoms with Crippen LogP contribution in [0.15, 0.2) is 48.5 Å². The third-order valence-electron chi connectivity index (χ3n) is 3.81. The van der Waals surface area contributed by atoms with Crippen LogP contribution >= 0.6 is 11.6 Å². The molecule has 2 aromatic rings. The highest BCUT2D eigenvalue weighted by atomic mass is 35.5. The number of nitrogens with one attached hydrogen (secondary N) is 3. The van der Waals surface area contributed by atoms with Gasteiger partial charge in [0.05, 0.1) is 6.54 Å². The summed E-state index contributed by atoms with van der Waals surface area (Å²) in [6.45, 7) is 3.44. The zero-order valence-electron chi connectivity index (χ0n) is 14.8. The topological polar surface area (TPSA) is 70.2 Å². The number of rotatable bonds is 9. The van der Waals surface area contributed by atoms with E-state index in [1.807, 2.05) is 24.3 Å². The van der Waals surface area contributed by atoms with Crippen molar-refractivity contribution in [1.82, 2.24) is 10.6 Å². The lowest BCUT2D eigenvalue weighted by molar-refractivity contribution is -0.115. The van der Waals surface area contributed by atoms with Crippen molar-refractivity contribution >= 4 is 29.1 Å². The molecule has 26 heavy (non-hydrogen) atoms. The van der Waals surface area contributed by atoms with Gasteiger partial charge in [-0.1, -0.05) is 43.1 Å². The standard InChI is InChI=1S/C20H24ClN3O2/c1-2-3-12-23-20(26)15-8-10-17(11-9-15)24-19(25)14-22-13-16-6-4-5-7-18(16)21/h4-11,22H,2-3,12-14H2,1H3,(H,23,26)(H,24,25). The molecular formula is C20H24ClN3O2. The highest BCUT2D eigenvalue weighted by molar-refractivity contribution is 6.31. The van der Waals surface area contributed by atoms with Crippen molar-refractivity contribution in [3.05, 3.63) is 64.7 Å². The number of carbonyl (C=O) groups excluding carboxylic acids is 2. The largest absolute Gasteiger partial charge is 0.352 e. The summed E-state index contributed by atoms with van der Waals surface area (Å²) in [4.78, 5) is 23.9. The van der Waals surface area contributed by atoms with Crippen molar-refractivity contribution in [3.63, 3.8) is 0 Å². The van der Waals surface area contributed by atoms with Gasteiger partial charge in [0.1, 0.15) is 0 Å². The summed E-state index contributed by atoms with van der Waals surface area (Å²) in [7, 11) is 0. The molecule has 0 radical (unpaired) electrons. The molecule has 2 amide bonds. The summed E-state index contributed by atoms with van der Waals surface area (Å²) >= 11 is 6.08. The molecule has 3 N–H and O–H groups in total. The Balaban J connectivity index is 1.76. The Labute approximate surface area is 159 Å². The van der Waals surface area contributed by atoms with Crippen molar-refractivity contribution in [2.75, 3.05) is 18.4 Å². The van der Waals surface area contributed by atoms with Gasteiger partial charge in [-0.05, 0) is 42.3 Å². The van der Waals surface area contributed by atoms with E-state index >= 15 is 0 Å². The van der Waals surface area contributed by atoms with E-state index in [1.165, 1.54) is 0 Å². The van der Waals surface area contributed by atoms with Gasteiger partial charge >= 0.3 is 0 Å². The van der Waals surface area contributed by atoms with E-state index in [1.54, 1.807) is 24.3 Å². The molecule has 0 heterocycles. The fourth-order valence-electron chi connectivity index (χ4n) is 2.34. The molecule has 0 saturated heterocycles. The van der Waals surface area contributed by atoms with Crippen molar-refractivity contribution in [3.8, 4) is 0 Å². The summed E-state index contributed by atoms with van der Waals surface area (Å²) in [6, 6.07) is 14.4. The van der Waals surface area contributed by atoms with Crippen LogP contribution in [0.2, 0.25) is 5.02 Å². The van der Waals surface area contributed by atoms with Crippen LogP contribution in [0.4, 0.5) is 5.69 Å². The average Bonchev–Trinajstić information content (AvgIpc) is 2.64. The third-order valence-corrected chi connectivity index (χ3v) is 4.17. The quantitative estimate of drug-likeness (QED) is 0.588. The highest BCUT2D eigenvalue weighted by Crippen LogP contribution is 2.14. The minimum atomic E-state index is -0.155. The molecule has 0 saturated carbocycles. The predicted molar refractivity (Wildman–Crippen MR) is 105 cm³/mol. The number of benzene rings is 2. The van der Waals surface area contributed by atoms with Crippen molar-refractivity contribution in [2.24, 2.45) is 0 Å². The molecule has 0 spiro atoms. The second-order valence-corrected chi connectivity index (χ2v) is 6.34. The fraction of sp³-hybridized carbons (Fsp3) is 0.300. The lowest BCUT2D eigenvalue weighted by Crippen LogP contribution is -2.28. The van der Waals surface area contributed by atoms with Gasteiger partial charge < -0.3 is 16.0 Å². The van der Waals surface area contributed by atoms with E-state index in [9.17, 15) is 9.59 Å². The van der Waals surface area contributed by atoms with Crippen molar-refractivity contribution in [2.45, 2.75) is 26.3 Å². The van der Waals surface area contributed by atoms with Crippen LogP contribution < -0.4 is 16.0 Å². The first-order valence-electron chi connectivity index (χ1n) is 8.72. The number of hydrogen-bond donors (Lipinski definition) is 3. The van der Waals surface area contributed by atoms with Crippen LogP contribution in [-0.2, 0) is 11.3 Å². The average molecular weight is 374 g/mol. The molecule has 138 valence electrons. The van der Waals surface area contributed by atoms with Crippen LogP contribution in [0, 0.1) is 0 Å². The number of unbranched alkanes of at least 4 members (excludes halogenated alkanes) is 1. The monoisotopic (exact) mass is 373 g/mol. The molecule has 0 aliphatic heterocycles. The van der Waals surface area contributed by atoms with Crippen molar-refractivity contribution in [1.29, 1.82) is 0 Å². The lowest BCUT2D eigenvalue weighted by atomic mass is 10.2. The zero-order valence-corrected chi connectivity index (χ0v) is 15.6. The second-order valence-electron chi connectivity index (χ2n) is 5.93. The molecule has 0 unspecified atom stereocenters. The number of halogens is 1. The van der Waals surface area contributed by atoms with Gasteiger partial charge in [-0.15, -0.1) is 0 Å². The molecule has 2 aromatic carbocycles. The van der Waals surface area contributed by atoms with Crippen LogP contribution in [0.25, 0.3) is 0 Å². The minimum Gasteiger partial charge on any atom is -0.352 e. The predicted octanol–water partition coefficient (Wildman–Crippen LogP) is 3.60. The van der Waals surface area contributed by atoms with E-state index in [4.69, 9.17) is 11.6 Å². The molecule has 5 nitrogen and oxygen atoms in total. The number of anilines is 1. The van der Waals surface area contributed by atoms with Gasteiger partial charge in [-0.3, -0.25) is 9.59 Å². The normalized spacial score (nSPS) is 10.4. The van der Waals surface area contributed by atoms with Gasteiger partial charge in [-0.2, -0.15) is 0 Å². The van der Waals surface area contributed by atoms with Crippen LogP contribution in [0.1, 0.15) is 35.7 Å². The fourth-order valence-corrected chi connectivity index (χ4v) is 2.55. The summed E-state index contributed by atoms with van der Waals surface area (Å²) in [5, 5.41) is 9.39. The maximum atomic E-state index is 12.0. The van der Waals surface area contributed by atoms with E-state index in [0.717, 1.165) is 18.4 Å². The van der Waals surface area contributed by atoms with E-state index in [2.05, 4.69) is 22.9 Å². The van der Waals surface area contributed by atoms with Crippen LogP contribution in [0.5, 0.6) is 0 Å². The first-order valence-corrected chi connectivity index (χ1v) is 9.10. The molecule has 0 bridgehead atoms. The van der Waals surface area contributed by atoms with E-state index in [-0.39, 0.29) is 18.4 Å². The Morgan fingerprint density at radius 3 is 2.46 bits per heavy atom. The maximum absolute atomic E-state index is 12.0. The minimum absolute atomic E-state index is 0.0993. The van der Waals surface area contributed by atoms with Gasteiger partial charge in [0.25, 0.3) is 5.91 Å².